The number of halogens is 1. The molecule has 0 atom stereocenters. The van der Waals surface area contributed by atoms with Gasteiger partial charge in [-0.3, -0.25) is 0 Å². The summed E-state index contributed by atoms with van der Waals surface area (Å²) in [6.07, 6.45) is 0. The fraction of sp³-hybridized carbons (Fsp3) is 0.583. The van der Waals surface area contributed by atoms with Crippen LogP contribution in [0, 0.1) is 0 Å². The Labute approximate surface area is 109 Å². The van der Waals surface area contributed by atoms with E-state index in [1.165, 1.54) is 0 Å². The number of nitrogen functional groups attached to an aromatic ring is 1. The molecule has 0 aromatic carbocycles. The molecule has 1 heterocycles. The summed E-state index contributed by atoms with van der Waals surface area (Å²) in [5, 5.41) is 0.611. The lowest BCUT2D eigenvalue weighted by Crippen LogP contribution is -2.40. The molecule has 2 N–H and O–H groups in total. The molecular weight excluding hydrogens is 252 g/mol. The number of rotatable bonds is 3. The Hall–Kier alpha value is -0.583. The third-order valence-corrected chi connectivity index (χ3v) is 8.06. The van der Waals surface area contributed by atoms with Crippen LogP contribution >= 0.6 is 11.6 Å². The molecule has 0 radical (unpaired) electrons. The molecular formula is C12H21ClN2OSi. The molecule has 0 saturated heterocycles. The normalized spacial score (nSPS) is 12.8. The number of pyridine rings is 1. The van der Waals surface area contributed by atoms with Crippen molar-refractivity contribution >= 4 is 25.7 Å². The molecule has 1 aromatic heterocycles. The third kappa shape index (κ3) is 3.69. The number of nitrogens with two attached hydrogens (primary N) is 1. The molecule has 0 saturated carbocycles. The first-order valence-electron chi connectivity index (χ1n) is 5.68. The van der Waals surface area contributed by atoms with Gasteiger partial charge >= 0.3 is 0 Å². The first-order valence-corrected chi connectivity index (χ1v) is 8.97. The highest BCUT2D eigenvalue weighted by atomic mass is 35.5. The first-order chi connectivity index (χ1) is 7.63. The van der Waals surface area contributed by atoms with Crippen molar-refractivity contribution in [3.05, 3.63) is 22.8 Å². The van der Waals surface area contributed by atoms with Gasteiger partial charge in [0.25, 0.3) is 0 Å². The van der Waals surface area contributed by atoms with Crippen molar-refractivity contribution in [1.82, 2.24) is 4.98 Å². The van der Waals surface area contributed by atoms with Crippen LogP contribution in [0.2, 0.25) is 23.3 Å². The molecule has 0 unspecified atom stereocenters. The van der Waals surface area contributed by atoms with E-state index < -0.39 is 8.32 Å². The van der Waals surface area contributed by atoms with E-state index in [1.54, 1.807) is 6.07 Å². The molecule has 0 aliphatic rings. The Kier molecular flexibility index (Phi) is 4.22. The summed E-state index contributed by atoms with van der Waals surface area (Å²) in [5.41, 5.74) is 6.70. The molecule has 0 aliphatic carbocycles. The molecule has 3 nitrogen and oxygen atoms in total. The van der Waals surface area contributed by atoms with Crippen LogP contribution in [0.15, 0.2) is 12.1 Å². The molecule has 5 heteroatoms. The lowest BCUT2D eigenvalue weighted by atomic mass is 10.2. The van der Waals surface area contributed by atoms with Gasteiger partial charge in [-0.25, -0.2) is 4.98 Å². The predicted molar refractivity (Wildman–Crippen MR) is 75.6 cm³/mol. The zero-order chi connectivity index (χ0) is 13.3. The van der Waals surface area contributed by atoms with E-state index in [0.717, 1.165) is 5.56 Å². The highest BCUT2D eigenvalue weighted by Gasteiger charge is 2.37. The van der Waals surface area contributed by atoms with Crippen LogP contribution in [0.4, 0.5) is 5.82 Å². The quantitative estimate of drug-likeness (QED) is 0.672. The average Bonchev–Trinajstić information content (AvgIpc) is 2.14. The minimum absolute atomic E-state index is 0.196. The van der Waals surface area contributed by atoms with Gasteiger partial charge in [0.05, 0.1) is 6.61 Å². The number of anilines is 1. The third-order valence-electron chi connectivity index (χ3n) is 3.37. The van der Waals surface area contributed by atoms with E-state index in [2.05, 4.69) is 38.8 Å². The SMILES string of the molecule is CC(C)(C)[Si](C)(C)OCc1ccc(Cl)nc1N. The maximum absolute atomic E-state index is 6.08. The molecule has 17 heavy (non-hydrogen) atoms. The van der Waals surface area contributed by atoms with Crippen molar-refractivity contribution in [2.75, 3.05) is 5.73 Å². The van der Waals surface area contributed by atoms with E-state index in [9.17, 15) is 0 Å². The van der Waals surface area contributed by atoms with Gasteiger partial charge in [-0.05, 0) is 24.2 Å². The van der Waals surface area contributed by atoms with Crippen LogP contribution in [0.5, 0.6) is 0 Å². The minimum Gasteiger partial charge on any atom is -0.412 e. The van der Waals surface area contributed by atoms with E-state index >= 15 is 0 Å². The van der Waals surface area contributed by atoms with Crippen molar-refractivity contribution < 1.29 is 4.43 Å². The Morgan fingerprint density at radius 3 is 2.41 bits per heavy atom. The van der Waals surface area contributed by atoms with Gasteiger partial charge in [0.15, 0.2) is 8.32 Å². The van der Waals surface area contributed by atoms with Crippen molar-refractivity contribution in [3.8, 4) is 0 Å². The zero-order valence-corrected chi connectivity index (χ0v) is 12.9. The summed E-state index contributed by atoms with van der Waals surface area (Å²) in [4.78, 5) is 4.02. The van der Waals surface area contributed by atoms with Gasteiger partial charge in [-0.15, -0.1) is 0 Å². The van der Waals surface area contributed by atoms with E-state index in [1.807, 2.05) is 6.07 Å². The van der Waals surface area contributed by atoms with Gasteiger partial charge < -0.3 is 10.2 Å². The van der Waals surface area contributed by atoms with Crippen LogP contribution in [0.3, 0.4) is 0 Å². The van der Waals surface area contributed by atoms with Crippen LogP contribution < -0.4 is 5.73 Å². The van der Waals surface area contributed by atoms with E-state index in [0.29, 0.717) is 17.6 Å². The maximum atomic E-state index is 6.08. The summed E-state index contributed by atoms with van der Waals surface area (Å²) in [7, 11) is -1.74. The van der Waals surface area contributed by atoms with Crippen LogP contribution in [0.1, 0.15) is 26.3 Å². The molecule has 0 bridgehead atoms. The number of nitrogens with zero attached hydrogens (tertiary/aromatic N) is 1. The number of hydrogen-bond donors (Lipinski definition) is 1. The fourth-order valence-electron chi connectivity index (χ4n) is 1.08. The highest BCUT2D eigenvalue weighted by molar-refractivity contribution is 6.74. The number of aromatic nitrogens is 1. The molecule has 96 valence electrons. The molecule has 0 amide bonds. The Morgan fingerprint density at radius 1 is 1.35 bits per heavy atom. The van der Waals surface area contributed by atoms with Crippen LogP contribution in [-0.2, 0) is 11.0 Å². The summed E-state index contributed by atoms with van der Waals surface area (Å²) < 4.78 is 6.08. The van der Waals surface area contributed by atoms with Gasteiger partial charge in [-0.2, -0.15) is 0 Å². The Balaban J connectivity index is 2.74. The molecule has 1 aromatic rings. The van der Waals surface area contributed by atoms with Crippen molar-refractivity contribution in [1.29, 1.82) is 0 Å². The average molecular weight is 273 g/mol. The van der Waals surface area contributed by atoms with Gasteiger partial charge in [-0.1, -0.05) is 38.4 Å². The first kappa shape index (κ1) is 14.5. The fourth-order valence-corrected chi connectivity index (χ4v) is 2.18. The van der Waals surface area contributed by atoms with Gasteiger partial charge in [0.2, 0.25) is 0 Å². The highest BCUT2D eigenvalue weighted by Crippen LogP contribution is 2.37. The second-order valence-corrected chi connectivity index (χ2v) is 10.9. The second-order valence-electron chi connectivity index (χ2n) is 5.73. The lowest BCUT2D eigenvalue weighted by molar-refractivity contribution is 0.276. The summed E-state index contributed by atoms with van der Waals surface area (Å²) in [5.74, 6) is 0.455. The maximum Gasteiger partial charge on any atom is 0.192 e. The number of hydrogen-bond acceptors (Lipinski definition) is 3. The molecule has 0 aliphatic heterocycles. The van der Waals surface area contributed by atoms with Gasteiger partial charge in [0, 0.05) is 5.56 Å². The van der Waals surface area contributed by atoms with E-state index in [-0.39, 0.29) is 5.04 Å². The predicted octanol–water partition coefficient (Wildman–Crippen LogP) is 3.84. The summed E-state index contributed by atoms with van der Waals surface area (Å²) in [6, 6.07) is 3.61. The zero-order valence-electron chi connectivity index (χ0n) is 11.2. The minimum atomic E-state index is -1.74. The lowest BCUT2D eigenvalue weighted by Gasteiger charge is -2.36. The van der Waals surface area contributed by atoms with Crippen LogP contribution in [-0.4, -0.2) is 13.3 Å². The standard InChI is InChI=1S/C12H21ClN2OSi/c1-12(2,3)17(4,5)16-8-9-6-7-10(13)15-11(9)14/h6-7H,8H2,1-5H3,(H2,14,15). The van der Waals surface area contributed by atoms with Gasteiger partial charge in [0.1, 0.15) is 11.0 Å². The monoisotopic (exact) mass is 272 g/mol. The summed E-state index contributed by atoms with van der Waals surface area (Å²) in [6.45, 7) is 11.6. The second kappa shape index (κ2) is 4.96. The molecule has 1 rings (SSSR count). The summed E-state index contributed by atoms with van der Waals surface area (Å²) >= 11 is 5.76. The van der Waals surface area contributed by atoms with Crippen molar-refractivity contribution in [2.24, 2.45) is 0 Å². The smallest absolute Gasteiger partial charge is 0.192 e. The topological polar surface area (TPSA) is 48.1 Å². The van der Waals surface area contributed by atoms with Crippen molar-refractivity contribution in [3.63, 3.8) is 0 Å². The largest absolute Gasteiger partial charge is 0.412 e. The molecule has 0 fully saturated rings. The van der Waals surface area contributed by atoms with Crippen LogP contribution in [0.25, 0.3) is 0 Å². The Morgan fingerprint density at radius 2 is 1.94 bits per heavy atom. The van der Waals surface area contributed by atoms with E-state index in [4.69, 9.17) is 21.8 Å². The Bertz CT molecular complexity index is 402. The molecule has 0 spiro atoms. The van der Waals surface area contributed by atoms with Crippen molar-refractivity contribution in [2.45, 2.75) is 45.5 Å².